The van der Waals surface area contributed by atoms with Crippen molar-refractivity contribution < 1.29 is 18.3 Å². The van der Waals surface area contributed by atoms with Crippen molar-refractivity contribution in [3.05, 3.63) is 29.3 Å². The molecule has 1 aliphatic heterocycles. The van der Waals surface area contributed by atoms with E-state index in [2.05, 4.69) is 20.4 Å². The number of halogens is 2. The average molecular weight is 327 g/mol. The Morgan fingerprint density at radius 1 is 1.43 bits per heavy atom. The van der Waals surface area contributed by atoms with Crippen LogP contribution in [0.2, 0.25) is 0 Å². The molecule has 2 N–H and O–H groups in total. The molecular formula is C16H23F2N3O2. The Morgan fingerprint density at radius 3 is 2.91 bits per heavy atom. The molecule has 1 aliphatic rings. The Kier molecular flexibility index (Phi) is 6.58. The molecule has 23 heavy (non-hydrogen) atoms. The summed E-state index contributed by atoms with van der Waals surface area (Å²) in [6, 6.07) is 5.12. The summed E-state index contributed by atoms with van der Waals surface area (Å²) in [4.78, 5) is 4.13. The number of nitrogens with zero attached hydrogens (tertiary/aromatic N) is 1. The van der Waals surface area contributed by atoms with Crippen LogP contribution in [0.4, 0.5) is 8.78 Å². The van der Waals surface area contributed by atoms with Gasteiger partial charge in [-0.1, -0.05) is 17.7 Å². The van der Waals surface area contributed by atoms with Crippen LogP contribution in [-0.2, 0) is 11.3 Å². The Balaban J connectivity index is 1.91. The maximum Gasteiger partial charge on any atom is 0.387 e. The van der Waals surface area contributed by atoms with E-state index in [1.165, 1.54) is 0 Å². The highest BCUT2D eigenvalue weighted by atomic mass is 19.3. The lowest BCUT2D eigenvalue weighted by molar-refractivity contribution is -0.0504. The Morgan fingerprint density at radius 2 is 2.26 bits per heavy atom. The van der Waals surface area contributed by atoms with Gasteiger partial charge >= 0.3 is 6.61 Å². The molecule has 1 aromatic rings. The highest BCUT2D eigenvalue weighted by Gasteiger charge is 2.16. The third-order valence-electron chi connectivity index (χ3n) is 3.62. The molecule has 0 aliphatic carbocycles. The molecule has 1 heterocycles. The Labute approximate surface area is 135 Å². The topological polar surface area (TPSA) is 54.9 Å². The molecule has 1 saturated heterocycles. The van der Waals surface area contributed by atoms with Crippen molar-refractivity contribution in [3.63, 3.8) is 0 Å². The van der Waals surface area contributed by atoms with E-state index in [0.717, 1.165) is 25.0 Å². The van der Waals surface area contributed by atoms with Gasteiger partial charge in [-0.2, -0.15) is 8.78 Å². The Bertz CT molecular complexity index is 532. The van der Waals surface area contributed by atoms with E-state index >= 15 is 0 Å². The first-order chi connectivity index (χ1) is 11.1. The molecule has 0 spiro atoms. The maximum atomic E-state index is 12.5. The first kappa shape index (κ1) is 17.5. The highest BCUT2D eigenvalue weighted by Crippen LogP contribution is 2.22. The van der Waals surface area contributed by atoms with Crippen LogP contribution in [-0.4, -0.2) is 38.9 Å². The number of rotatable bonds is 6. The van der Waals surface area contributed by atoms with Crippen LogP contribution in [0.1, 0.15) is 24.0 Å². The monoisotopic (exact) mass is 327 g/mol. The minimum absolute atomic E-state index is 0.174. The summed E-state index contributed by atoms with van der Waals surface area (Å²) in [5.41, 5.74) is 1.64. The van der Waals surface area contributed by atoms with E-state index in [0.29, 0.717) is 24.6 Å². The number of hydrogen-bond acceptors (Lipinski definition) is 3. The molecule has 128 valence electrons. The predicted octanol–water partition coefficient (Wildman–Crippen LogP) is 2.44. The van der Waals surface area contributed by atoms with Gasteiger partial charge in [0.25, 0.3) is 0 Å². The van der Waals surface area contributed by atoms with Crippen LogP contribution in [0.25, 0.3) is 0 Å². The minimum Gasteiger partial charge on any atom is -0.434 e. The zero-order chi connectivity index (χ0) is 16.7. The highest BCUT2D eigenvalue weighted by molar-refractivity contribution is 5.79. The lowest BCUT2D eigenvalue weighted by Crippen LogP contribution is -2.40. The molecule has 0 bridgehead atoms. The van der Waals surface area contributed by atoms with Crippen molar-refractivity contribution in [2.45, 2.75) is 39.0 Å². The van der Waals surface area contributed by atoms with Crippen molar-refractivity contribution >= 4 is 5.96 Å². The number of ether oxygens (including phenoxy) is 2. The van der Waals surface area contributed by atoms with Crippen molar-refractivity contribution in [1.82, 2.24) is 10.6 Å². The van der Waals surface area contributed by atoms with Crippen molar-refractivity contribution in [1.29, 1.82) is 0 Å². The number of alkyl halides is 2. The predicted molar refractivity (Wildman–Crippen MR) is 85.0 cm³/mol. The summed E-state index contributed by atoms with van der Waals surface area (Å²) in [5, 5.41) is 6.29. The SMILES string of the molecule is CN=C(NCc1cc(C)ccc1OC(F)F)NCC1CCCO1. The van der Waals surface area contributed by atoms with Gasteiger partial charge in [-0.25, -0.2) is 0 Å². The summed E-state index contributed by atoms with van der Waals surface area (Å²) in [6.07, 6.45) is 2.31. The molecule has 1 unspecified atom stereocenters. The van der Waals surface area contributed by atoms with E-state index in [1.807, 2.05) is 13.0 Å². The van der Waals surface area contributed by atoms with E-state index in [9.17, 15) is 8.78 Å². The average Bonchev–Trinajstić information content (AvgIpc) is 3.03. The van der Waals surface area contributed by atoms with Crippen molar-refractivity contribution in [2.24, 2.45) is 4.99 Å². The van der Waals surface area contributed by atoms with Gasteiger partial charge in [-0.15, -0.1) is 0 Å². The van der Waals surface area contributed by atoms with Crippen LogP contribution in [0.5, 0.6) is 5.75 Å². The quantitative estimate of drug-likeness (QED) is 0.622. The summed E-state index contributed by atoms with van der Waals surface area (Å²) in [5.74, 6) is 0.776. The third-order valence-corrected chi connectivity index (χ3v) is 3.62. The standard InChI is InChI=1S/C16H23F2N3O2/c1-11-5-6-14(23-15(17)18)12(8-11)9-20-16(19-2)21-10-13-4-3-7-22-13/h5-6,8,13,15H,3-4,7,9-10H2,1-2H3,(H2,19,20,21). The molecule has 1 fully saturated rings. The van der Waals surface area contributed by atoms with Crippen LogP contribution in [0.15, 0.2) is 23.2 Å². The zero-order valence-corrected chi connectivity index (χ0v) is 13.4. The second-order valence-corrected chi connectivity index (χ2v) is 5.43. The Hall–Kier alpha value is -1.89. The van der Waals surface area contributed by atoms with Crippen LogP contribution < -0.4 is 15.4 Å². The second-order valence-electron chi connectivity index (χ2n) is 5.43. The van der Waals surface area contributed by atoms with Gasteiger partial charge in [0.1, 0.15) is 5.75 Å². The maximum absolute atomic E-state index is 12.5. The first-order valence-corrected chi connectivity index (χ1v) is 7.69. The van der Waals surface area contributed by atoms with Gasteiger partial charge in [0.15, 0.2) is 5.96 Å². The van der Waals surface area contributed by atoms with E-state index < -0.39 is 6.61 Å². The van der Waals surface area contributed by atoms with Gasteiger partial charge in [-0.3, -0.25) is 4.99 Å². The van der Waals surface area contributed by atoms with Gasteiger partial charge in [-0.05, 0) is 25.8 Å². The van der Waals surface area contributed by atoms with Gasteiger partial charge in [0.05, 0.1) is 6.10 Å². The fourth-order valence-electron chi connectivity index (χ4n) is 2.47. The number of benzene rings is 1. The van der Waals surface area contributed by atoms with Crippen LogP contribution >= 0.6 is 0 Å². The van der Waals surface area contributed by atoms with Crippen LogP contribution in [0.3, 0.4) is 0 Å². The molecule has 5 nitrogen and oxygen atoms in total. The molecule has 1 aromatic carbocycles. The lowest BCUT2D eigenvalue weighted by atomic mass is 10.1. The number of hydrogen-bond donors (Lipinski definition) is 2. The smallest absolute Gasteiger partial charge is 0.387 e. The number of nitrogens with one attached hydrogen (secondary N) is 2. The third kappa shape index (κ3) is 5.67. The summed E-state index contributed by atoms with van der Waals surface area (Å²) < 4.78 is 35.0. The fraction of sp³-hybridized carbons (Fsp3) is 0.562. The first-order valence-electron chi connectivity index (χ1n) is 7.69. The van der Waals surface area contributed by atoms with Gasteiger partial charge in [0.2, 0.25) is 0 Å². The molecule has 1 atom stereocenters. The number of aliphatic imine (C=N–C) groups is 1. The van der Waals surface area contributed by atoms with Crippen molar-refractivity contribution in [3.8, 4) is 5.75 Å². The minimum atomic E-state index is -2.84. The zero-order valence-electron chi connectivity index (χ0n) is 13.4. The lowest BCUT2D eigenvalue weighted by Gasteiger charge is -2.16. The normalized spacial score (nSPS) is 18.3. The number of guanidine groups is 1. The summed E-state index contributed by atoms with van der Waals surface area (Å²) in [7, 11) is 1.66. The molecule has 0 saturated carbocycles. The van der Waals surface area contributed by atoms with Crippen molar-refractivity contribution in [2.75, 3.05) is 20.2 Å². The molecular weight excluding hydrogens is 304 g/mol. The number of aryl methyl sites for hydroxylation is 1. The summed E-state index contributed by atoms with van der Waals surface area (Å²) in [6.45, 7) is 0.882. The van der Waals surface area contributed by atoms with E-state index in [-0.39, 0.29) is 11.9 Å². The van der Waals surface area contributed by atoms with Gasteiger partial charge < -0.3 is 20.1 Å². The molecule has 2 rings (SSSR count). The van der Waals surface area contributed by atoms with E-state index in [1.54, 1.807) is 19.2 Å². The van der Waals surface area contributed by atoms with Crippen LogP contribution in [0, 0.1) is 6.92 Å². The fourth-order valence-corrected chi connectivity index (χ4v) is 2.47. The molecule has 0 amide bonds. The second kappa shape index (κ2) is 8.67. The molecule has 7 heteroatoms. The molecule has 0 radical (unpaired) electrons. The molecule has 0 aromatic heterocycles. The van der Waals surface area contributed by atoms with Gasteiger partial charge in [0, 0.05) is 32.3 Å². The largest absolute Gasteiger partial charge is 0.434 e. The van der Waals surface area contributed by atoms with E-state index in [4.69, 9.17) is 4.74 Å². The summed E-state index contributed by atoms with van der Waals surface area (Å²) >= 11 is 0.